The van der Waals surface area contributed by atoms with Gasteiger partial charge in [-0.3, -0.25) is 14.5 Å². The molecule has 0 aliphatic carbocycles. The number of rotatable bonds is 4. The van der Waals surface area contributed by atoms with Crippen LogP contribution < -0.4 is 5.32 Å². The SMILES string of the molecule is CCCCN1C(=O)c2cccc3c(NC)ccc(c23)C1=O. The van der Waals surface area contributed by atoms with E-state index in [9.17, 15) is 9.59 Å². The van der Waals surface area contributed by atoms with Crippen LogP contribution in [0.4, 0.5) is 5.69 Å². The highest BCUT2D eigenvalue weighted by atomic mass is 16.2. The van der Waals surface area contributed by atoms with Crippen molar-refractivity contribution in [3.8, 4) is 0 Å². The summed E-state index contributed by atoms with van der Waals surface area (Å²) in [5.74, 6) is -0.361. The van der Waals surface area contributed by atoms with Crippen LogP contribution in [0.15, 0.2) is 30.3 Å². The molecule has 21 heavy (non-hydrogen) atoms. The van der Waals surface area contributed by atoms with Gasteiger partial charge in [-0.25, -0.2) is 0 Å². The second-order valence-corrected chi connectivity index (χ2v) is 5.25. The Labute approximate surface area is 123 Å². The standard InChI is InChI=1S/C17H18N2O2/c1-3-4-10-19-16(20)12-7-5-6-11-14(18-2)9-8-13(15(11)12)17(19)21/h5-9,18H,3-4,10H2,1-2H3. The van der Waals surface area contributed by atoms with Crippen LogP contribution in [0, 0.1) is 0 Å². The third-order valence-corrected chi connectivity index (χ3v) is 4.00. The zero-order valence-electron chi connectivity index (χ0n) is 12.3. The lowest BCUT2D eigenvalue weighted by atomic mass is 9.93. The maximum absolute atomic E-state index is 12.6. The van der Waals surface area contributed by atoms with Crippen molar-refractivity contribution in [3.63, 3.8) is 0 Å². The molecule has 0 atom stereocenters. The summed E-state index contributed by atoms with van der Waals surface area (Å²) in [4.78, 5) is 26.6. The van der Waals surface area contributed by atoms with E-state index in [-0.39, 0.29) is 11.8 Å². The van der Waals surface area contributed by atoms with Crippen molar-refractivity contribution in [2.75, 3.05) is 18.9 Å². The van der Waals surface area contributed by atoms with Crippen molar-refractivity contribution in [1.29, 1.82) is 0 Å². The van der Waals surface area contributed by atoms with E-state index >= 15 is 0 Å². The molecule has 3 rings (SSSR count). The van der Waals surface area contributed by atoms with Gasteiger partial charge in [-0.15, -0.1) is 0 Å². The van der Waals surface area contributed by atoms with E-state index < -0.39 is 0 Å². The summed E-state index contributed by atoms with van der Waals surface area (Å²) in [6.07, 6.45) is 1.78. The van der Waals surface area contributed by atoms with Gasteiger partial charge in [-0.1, -0.05) is 25.5 Å². The monoisotopic (exact) mass is 282 g/mol. The largest absolute Gasteiger partial charge is 0.388 e. The maximum atomic E-state index is 12.6. The second kappa shape index (κ2) is 5.20. The van der Waals surface area contributed by atoms with Gasteiger partial charge in [-0.05, 0) is 24.6 Å². The van der Waals surface area contributed by atoms with Crippen LogP contribution in [0.5, 0.6) is 0 Å². The zero-order chi connectivity index (χ0) is 15.0. The smallest absolute Gasteiger partial charge is 0.261 e. The number of hydrogen-bond acceptors (Lipinski definition) is 3. The number of carbonyl (C=O) groups is 2. The molecule has 0 saturated carbocycles. The number of unbranched alkanes of at least 4 members (excludes halogenated alkanes) is 1. The number of imide groups is 1. The first-order valence-electron chi connectivity index (χ1n) is 7.28. The normalized spacial score (nSPS) is 13.9. The van der Waals surface area contributed by atoms with Gasteiger partial charge in [-0.2, -0.15) is 0 Å². The van der Waals surface area contributed by atoms with Crippen molar-refractivity contribution < 1.29 is 9.59 Å². The van der Waals surface area contributed by atoms with E-state index in [2.05, 4.69) is 5.32 Å². The minimum absolute atomic E-state index is 0.181. The maximum Gasteiger partial charge on any atom is 0.261 e. The van der Waals surface area contributed by atoms with Gasteiger partial charge in [0.1, 0.15) is 0 Å². The summed E-state index contributed by atoms with van der Waals surface area (Å²) >= 11 is 0. The lowest BCUT2D eigenvalue weighted by Crippen LogP contribution is -2.40. The van der Waals surface area contributed by atoms with Crippen LogP contribution >= 0.6 is 0 Å². The Morgan fingerprint density at radius 2 is 1.76 bits per heavy atom. The summed E-state index contributed by atoms with van der Waals surface area (Å²) in [6, 6.07) is 9.32. The van der Waals surface area contributed by atoms with Crippen LogP contribution in [0.2, 0.25) is 0 Å². The van der Waals surface area contributed by atoms with E-state index in [0.717, 1.165) is 29.3 Å². The van der Waals surface area contributed by atoms with Gasteiger partial charge >= 0.3 is 0 Å². The molecule has 0 unspecified atom stereocenters. The predicted molar refractivity (Wildman–Crippen MR) is 83.8 cm³/mol. The van der Waals surface area contributed by atoms with E-state index in [1.807, 2.05) is 38.2 Å². The Morgan fingerprint density at radius 3 is 2.43 bits per heavy atom. The molecule has 1 aliphatic heterocycles. The molecule has 1 N–H and O–H groups in total. The van der Waals surface area contributed by atoms with E-state index in [1.165, 1.54) is 4.90 Å². The van der Waals surface area contributed by atoms with E-state index in [4.69, 9.17) is 0 Å². The number of hydrogen-bond donors (Lipinski definition) is 1. The minimum atomic E-state index is -0.181. The quantitative estimate of drug-likeness (QED) is 0.875. The minimum Gasteiger partial charge on any atom is -0.388 e. The summed E-state index contributed by atoms with van der Waals surface area (Å²) in [5, 5.41) is 4.80. The van der Waals surface area contributed by atoms with Crippen LogP contribution in [0.25, 0.3) is 10.8 Å². The van der Waals surface area contributed by atoms with E-state index in [0.29, 0.717) is 17.7 Å². The van der Waals surface area contributed by atoms with Gasteiger partial charge in [0.2, 0.25) is 0 Å². The number of anilines is 1. The Bertz CT molecular complexity index is 715. The van der Waals surface area contributed by atoms with Gasteiger partial charge in [0.15, 0.2) is 0 Å². The molecule has 0 saturated heterocycles. The molecule has 4 nitrogen and oxygen atoms in total. The van der Waals surface area contributed by atoms with Crippen molar-refractivity contribution in [2.24, 2.45) is 0 Å². The molecule has 0 aromatic heterocycles. The molecule has 4 heteroatoms. The molecule has 0 fully saturated rings. The topological polar surface area (TPSA) is 49.4 Å². The van der Waals surface area contributed by atoms with Crippen LogP contribution in [0.1, 0.15) is 40.5 Å². The third-order valence-electron chi connectivity index (χ3n) is 4.00. The van der Waals surface area contributed by atoms with Crippen LogP contribution in [-0.2, 0) is 0 Å². The number of benzene rings is 2. The second-order valence-electron chi connectivity index (χ2n) is 5.25. The van der Waals surface area contributed by atoms with E-state index in [1.54, 1.807) is 6.07 Å². The highest BCUT2D eigenvalue weighted by molar-refractivity contribution is 6.26. The van der Waals surface area contributed by atoms with Gasteiger partial charge in [0.05, 0.1) is 0 Å². The van der Waals surface area contributed by atoms with Crippen LogP contribution in [0.3, 0.4) is 0 Å². The molecule has 1 heterocycles. The first-order valence-corrected chi connectivity index (χ1v) is 7.28. The Hall–Kier alpha value is -2.36. The fourth-order valence-corrected chi connectivity index (χ4v) is 2.88. The lowest BCUT2D eigenvalue weighted by molar-refractivity contribution is 0.0608. The highest BCUT2D eigenvalue weighted by Gasteiger charge is 2.32. The molecular formula is C17H18N2O2. The first-order chi connectivity index (χ1) is 10.2. The lowest BCUT2D eigenvalue weighted by Gasteiger charge is -2.27. The summed E-state index contributed by atoms with van der Waals surface area (Å²) in [6.45, 7) is 2.53. The average molecular weight is 282 g/mol. The fraction of sp³-hybridized carbons (Fsp3) is 0.294. The molecular weight excluding hydrogens is 264 g/mol. The predicted octanol–water partition coefficient (Wildman–Crippen LogP) is 3.28. The fourth-order valence-electron chi connectivity index (χ4n) is 2.88. The summed E-state index contributed by atoms with van der Waals surface area (Å²) in [7, 11) is 1.84. The molecule has 108 valence electrons. The molecule has 2 aromatic rings. The van der Waals surface area contributed by atoms with Crippen molar-refractivity contribution in [3.05, 3.63) is 41.5 Å². The molecule has 0 radical (unpaired) electrons. The summed E-state index contributed by atoms with van der Waals surface area (Å²) in [5.41, 5.74) is 2.17. The Kier molecular flexibility index (Phi) is 3.37. The Morgan fingerprint density at radius 1 is 1.05 bits per heavy atom. The van der Waals surface area contributed by atoms with Crippen molar-refractivity contribution in [1.82, 2.24) is 4.90 Å². The number of carbonyl (C=O) groups excluding carboxylic acids is 2. The molecule has 2 aromatic carbocycles. The summed E-state index contributed by atoms with van der Waals surface area (Å²) < 4.78 is 0. The number of nitrogens with one attached hydrogen (secondary N) is 1. The number of amides is 2. The Balaban J connectivity index is 2.22. The molecule has 2 amide bonds. The molecule has 0 bridgehead atoms. The first kappa shape index (κ1) is 13.6. The van der Waals surface area contributed by atoms with Crippen molar-refractivity contribution >= 4 is 28.3 Å². The van der Waals surface area contributed by atoms with Gasteiger partial charge in [0.25, 0.3) is 11.8 Å². The van der Waals surface area contributed by atoms with Gasteiger partial charge < -0.3 is 5.32 Å². The van der Waals surface area contributed by atoms with Crippen LogP contribution in [-0.4, -0.2) is 30.3 Å². The zero-order valence-corrected chi connectivity index (χ0v) is 12.3. The molecule has 0 spiro atoms. The number of nitrogens with zero attached hydrogens (tertiary/aromatic N) is 1. The van der Waals surface area contributed by atoms with Gasteiger partial charge in [0, 0.05) is 41.2 Å². The average Bonchev–Trinajstić information content (AvgIpc) is 2.52. The third kappa shape index (κ3) is 1.98. The highest BCUT2D eigenvalue weighted by Crippen LogP contribution is 2.34. The van der Waals surface area contributed by atoms with Crippen molar-refractivity contribution in [2.45, 2.75) is 19.8 Å². The molecule has 1 aliphatic rings.